The predicted octanol–water partition coefficient (Wildman–Crippen LogP) is 4.44. The van der Waals surface area contributed by atoms with Crippen molar-refractivity contribution in [3.8, 4) is 5.75 Å². The summed E-state index contributed by atoms with van der Waals surface area (Å²) in [6.07, 6.45) is 0.939. The van der Waals surface area contributed by atoms with Gasteiger partial charge in [-0.25, -0.2) is 0 Å². The summed E-state index contributed by atoms with van der Waals surface area (Å²) in [7, 11) is 1.70. The van der Waals surface area contributed by atoms with E-state index in [9.17, 15) is 0 Å². The lowest BCUT2D eigenvalue weighted by atomic mass is 10.1. The monoisotopic (exact) mass is 353 g/mol. The van der Waals surface area contributed by atoms with Crippen LogP contribution in [0.25, 0.3) is 0 Å². The van der Waals surface area contributed by atoms with Crippen molar-refractivity contribution in [2.75, 3.05) is 13.7 Å². The number of methoxy groups -OCH3 is 1. The number of hydrogen-bond donors (Lipinski definition) is 1. The second kappa shape index (κ2) is 7.67. The first-order chi connectivity index (χ1) is 9.70. The van der Waals surface area contributed by atoms with Crippen LogP contribution in [0.3, 0.4) is 0 Å². The minimum atomic E-state index is 0.744. The lowest BCUT2D eigenvalue weighted by molar-refractivity contribution is 0.409. The first-order valence-corrected chi connectivity index (χ1v) is 7.64. The highest BCUT2D eigenvalue weighted by Gasteiger charge is 2.02. The van der Waals surface area contributed by atoms with Crippen molar-refractivity contribution < 1.29 is 4.74 Å². The summed E-state index contributed by atoms with van der Waals surface area (Å²) in [6.45, 7) is 1.70. The molecule has 0 spiro atoms. The zero-order chi connectivity index (χ0) is 14.4. The Hall–Kier alpha value is -1.03. The molecule has 0 unspecified atom stereocenters. The van der Waals surface area contributed by atoms with Crippen molar-refractivity contribution in [3.05, 3.63) is 63.1 Å². The van der Waals surface area contributed by atoms with Crippen LogP contribution in [0.2, 0.25) is 5.02 Å². The molecular formula is C16H17BrClNO. The minimum Gasteiger partial charge on any atom is -0.496 e. The van der Waals surface area contributed by atoms with Crippen LogP contribution in [-0.4, -0.2) is 13.7 Å². The largest absolute Gasteiger partial charge is 0.496 e. The van der Waals surface area contributed by atoms with Gasteiger partial charge in [0.1, 0.15) is 5.75 Å². The molecule has 0 amide bonds. The molecule has 0 atom stereocenters. The molecule has 0 heterocycles. The molecule has 0 radical (unpaired) electrons. The first kappa shape index (κ1) is 15.4. The SMILES string of the molecule is COc1ccccc1CCNCc1ccc(Br)c(Cl)c1. The molecule has 0 saturated carbocycles. The minimum absolute atomic E-state index is 0.744. The maximum atomic E-state index is 6.07. The average molecular weight is 355 g/mol. The van der Waals surface area contributed by atoms with Crippen LogP contribution < -0.4 is 10.1 Å². The van der Waals surface area contributed by atoms with Gasteiger partial charge in [0.25, 0.3) is 0 Å². The Morgan fingerprint density at radius 3 is 2.75 bits per heavy atom. The van der Waals surface area contributed by atoms with Crippen molar-refractivity contribution in [3.63, 3.8) is 0 Å². The van der Waals surface area contributed by atoms with Crippen LogP contribution in [-0.2, 0) is 13.0 Å². The van der Waals surface area contributed by atoms with E-state index in [-0.39, 0.29) is 0 Å². The van der Waals surface area contributed by atoms with E-state index in [4.69, 9.17) is 16.3 Å². The summed E-state index contributed by atoms with van der Waals surface area (Å²) in [5, 5.41) is 4.16. The third-order valence-electron chi connectivity index (χ3n) is 3.08. The normalized spacial score (nSPS) is 10.6. The summed E-state index contributed by atoms with van der Waals surface area (Å²) in [5.74, 6) is 0.945. The van der Waals surface area contributed by atoms with E-state index in [1.807, 2.05) is 30.3 Å². The molecule has 106 valence electrons. The highest BCUT2D eigenvalue weighted by Crippen LogP contribution is 2.23. The van der Waals surface area contributed by atoms with Gasteiger partial charge in [-0.05, 0) is 58.2 Å². The van der Waals surface area contributed by atoms with E-state index >= 15 is 0 Å². The number of nitrogens with one attached hydrogen (secondary N) is 1. The molecule has 0 saturated heterocycles. The predicted molar refractivity (Wildman–Crippen MR) is 87.6 cm³/mol. The number of rotatable bonds is 6. The zero-order valence-corrected chi connectivity index (χ0v) is 13.7. The van der Waals surface area contributed by atoms with Crippen molar-refractivity contribution in [1.82, 2.24) is 5.32 Å². The third kappa shape index (κ3) is 4.23. The van der Waals surface area contributed by atoms with Crippen molar-refractivity contribution in [2.45, 2.75) is 13.0 Å². The van der Waals surface area contributed by atoms with Gasteiger partial charge in [-0.3, -0.25) is 0 Å². The molecule has 20 heavy (non-hydrogen) atoms. The second-order valence-electron chi connectivity index (χ2n) is 4.49. The maximum absolute atomic E-state index is 6.07. The summed E-state index contributed by atoms with van der Waals surface area (Å²) in [5.41, 5.74) is 2.40. The Morgan fingerprint density at radius 1 is 1.20 bits per heavy atom. The fraction of sp³-hybridized carbons (Fsp3) is 0.250. The van der Waals surface area contributed by atoms with E-state index < -0.39 is 0 Å². The second-order valence-corrected chi connectivity index (χ2v) is 5.75. The van der Waals surface area contributed by atoms with Gasteiger partial charge in [0, 0.05) is 11.0 Å². The molecule has 0 aliphatic heterocycles. The zero-order valence-electron chi connectivity index (χ0n) is 11.3. The molecule has 0 aromatic heterocycles. The van der Waals surface area contributed by atoms with Crippen LogP contribution in [0.5, 0.6) is 5.75 Å². The number of hydrogen-bond acceptors (Lipinski definition) is 2. The lowest BCUT2D eigenvalue weighted by Gasteiger charge is -2.09. The molecule has 0 aliphatic carbocycles. The van der Waals surface area contributed by atoms with E-state index in [2.05, 4.69) is 33.4 Å². The molecule has 2 aromatic carbocycles. The first-order valence-electron chi connectivity index (χ1n) is 6.47. The molecule has 0 fully saturated rings. The van der Waals surface area contributed by atoms with E-state index in [1.165, 1.54) is 11.1 Å². The van der Waals surface area contributed by atoms with Gasteiger partial charge >= 0.3 is 0 Å². The molecule has 4 heteroatoms. The van der Waals surface area contributed by atoms with Gasteiger partial charge in [-0.15, -0.1) is 0 Å². The highest BCUT2D eigenvalue weighted by atomic mass is 79.9. The summed E-state index contributed by atoms with van der Waals surface area (Å²) < 4.78 is 6.27. The standard InChI is InChI=1S/C16H17BrClNO/c1-20-16-5-3-2-4-13(16)8-9-19-11-12-6-7-14(17)15(18)10-12/h2-7,10,19H,8-9,11H2,1H3. The quantitative estimate of drug-likeness (QED) is 0.774. The maximum Gasteiger partial charge on any atom is 0.122 e. The van der Waals surface area contributed by atoms with Gasteiger partial charge in [-0.2, -0.15) is 0 Å². The fourth-order valence-electron chi connectivity index (χ4n) is 2.01. The molecule has 0 aliphatic rings. The van der Waals surface area contributed by atoms with Crippen molar-refractivity contribution in [1.29, 1.82) is 0 Å². The molecule has 2 aromatic rings. The number of benzene rings is 2. The Balaban J connectivity index is 1.83. The molecule has 2 rings (SSSR count). The molecule has 0 bridgehead atoms. The Morgan fingerprint density at radius 2 is 2.00 bits per heavy atom. The Bertz CT molecular complexity index is 574. The van der Waals surface area contributed by atoms with Crippen LogP contribution in [0, 0.1) is 0 Å². The summed E-state index contributed by atoms with van der Waals surface area (Å²) in [4.78, 5) is 0. The van der Waals surface area contributed by atoms with Crippen LogP contribution in [0.4, 0.5) is 0 Å². The highest BCUT2D eigenvalue weighted by molar-refractivity contribution is 9.10. The topological polar surface area (TPSA) is 21.3 Å². The lowest BCUT2D eigenvalue weighted by Crippen LogP contribution is -2.16. The van der Waals surface area contributed by atoms with Gasteiger partial charge in [0.2, 0.25) is 0 Å². The fourth-order valence-corrected chi connectivity index (χ4v) is 2.46. The van der Waals surface area contributed by atoms with Gasteiger partial charge in [0.15, 0.2) is 0 Å². The van der Waals surface area contributed by atoms with Crippen molar-refractivity contribution in [2.24, 2.45) is 0 Å². The Kier molecular flexibility index (Phi) is 5.89. The molecule has 1 N–H and O–H groups in total. The Labute approximate surface area is 133 Å². The van der Waals surface area contributed by atoms with E-state index in [1.54, 1.807) is 7.11 Å². The number of halogens is 2. The van der Waals surface area contributed by atoms with Crippen molar-refractivity contribution >= 4 is 27.5 Å². The van der Waals surface area contributed by atoms with Crippen LogP contribution >= 0.6 is 27.5 Å². The van der Waals surface area contributed by atoms with Gasteiger partial charge in [-0.1, -0.05) is 35.9 Å². The third-order valence-corrected chi connectivity index (χ3v) is 4.31. The van der Waals surface area contributed by atoms with Gasteiger partial charge in [0.05, 0.1) is 12.1 Å². The average Bonchev–Trinajstić information content (AvgIpc) is 2.47. The van der Waals surface area contributed by atoms with Crippen LogP contribution in [0.15, 0.2) is 46.9 Å². The number of para-hydroxylation sites is 1. The summed E-state index contributed by atoms with van der Waals surface area (Å²) >= 11 is 9.46. The van der Waals surface area contributed by atoms with E-state index in [0.717, 1.165) is 34.8 Å². The summed E-state index contributed by atoms with van der Waals surface area (Å²) in [6, 6.07) is 14.1. The van der Waals surface area contributed by atoms with Crippen LogP contribution in [0.1, 0.15) is 11.1 Å². The van der Waals surface area contributed by atoms with E-state index in [0.29, 0.717) is 0 Å². The smallest absolute Gasteiger partial charge is 0.122 e. The molecular weight excluding hydrogens is 338 g/mol. The van der Waals surface area contributed by atoms with Gasteiger partial charge < -0.3 is 10.1 Å². The number of ether oxygens (including phenoxy) is 1. The molecule has 2 nitrogen and oxygen atoms in total.